The van der Waals surface area contributed by atoms with Gasteiger partial charge in [-0.2, -0.15) is 0 Å². The quantitative estimate of drug-likeness (QED) is 0.587. The number of hydrogen-bond donors (Lipinski definition) is 1. The molecule has 11 heteroatoms. The lowest BCUT2D eigenvalue weighted by Gasteiger charge is -2.39. The number of nitrogens with one attached hydrogen (secondary N) is 1. The van der Waals surface area contributed by atoms with Gasteiger partial charge in [-0.15, -0.1) is 0 Å². The molecule has 1 N–H and O–H groups in total. The van der Waals surface area contributed by atoms with Crippen LogP contribution in [0.25, 0.3) is 0 Å². The maximum Gasteiger partial charge on any atom is 0.270 e. The Morgan fingerprint density at radius 2 is 1.86 bits per heavy atom. The summed E-state index contributed by atoms with van der Waals surface area (Å²) >= 11 is 0. The normalized spacial score (nSPS) is 19.5. The fraction of sp³-hybridized carbons (Fsp3) is 0.480. The molecule has 192 valence electrons. The van der Waals surface area contributed by atoms with Gasteiger partial charge < -0.3 is 19.7 Å². The van der Waals surface area contributed by atoms with Crippen LogP contribution in [0.1, 0.15) is 44.8 Å². The van der Waals surface area contributed by atoms with E-state index < -0.39 is 37.2 Å². The third-order valence-electron chi connectivity index (χ3n) is 7.57. The van der Waals surface area contributed by atoms with Crippen molar-refractivity contribution < 1.29 is 22.4 Å². The number of benzene rings is 1. The number of hydrogen-bond acceptors (Lipinski definition) is 6. The Morgan fingerprint density at radius 1 is 1.14 bits per heavy atom. The molecule has 1 aliphatic carbocycles. The third-order valence-corrected chi connectivity index (χ3v) is 10.5. The van der Waals surface area contributed by atoms with E-state index in [9.17, 15) is 27.2 Å². The zero-order valence-electron chi connectivity index (χ0n) is 20.3. The van der Waals surface area contributed by atoms with E-state index in [4.69, 9.17) is 0 Å². The molecular weight excluding hydrogens is 487 g/mol. The van der Waals surface area contributed by atoms with Gasteiger partial charge in [-0.3, -0.25) is 14.4 Å². The number of likely N-dealkylation sites (tertiary alicyclic amines) is 1. The van der Waals surface area contributed by atoms with Crippen LogP contribution in [0.5, 0.6) is 0 Å². The first-order valence-corrected chi connectivity index (χ1v) is 13.6. The Morgan fingerprint density at radius 3 is 2.50 bits per heavy atom. The third kappa shape index (κ3) is 4.13. The van der Waals surface area contributed by atoms with Crippen molar-refractivity contribution in [3.05, 3.63) is 68.9 Å². The van der Waals surface area contributed by atoms with Crippen LogP contribution in [0.2, 0.25) is 0 Å². The van der Waals surface area contributed by atoms with Crippen LogP contribution in [0.3, 0.4) is 0 Å². The van der Waals surface area contributed by atoms with Crippen LogP contribution in [0.4, 0.5) is 4.39 Å². The number of fused-ring (bicyclic) bond motifs is 1. The summed E-state index contributed by atoms with van der Waals surface area (Å²) in [5.74, 6) is -1.40. The second-order valence-corrected chi connectivity index (χ2v) is 12.8. The van der Waals surface area contributed by atoms with Gasteiger partial charge in [0.25, 0.3) is 17.4 Å². The van der Waals surface area contributed by atoms with Gasteiger partial charge in [0.1, 0.15) is 17.1 Å². The summed E-state index contributed by atoms with van der Waals surface area (Å²) in [5, 5.41) is 2.23. The van der Waals surface area contributed by atoms with Gasteiger partial charge in [0.05, 0.1) is 10.00 Å². The van der Waals surface area contributed by atoms with Crippen LogP contribution in [-0.2, 0) is 22.9 Å². The monoisotopic (exact) mass is 516 g/mol. The molecule has 2 aromatic rings. The molecule has 2 aliphatic heterocycles. The minimum absolute atomic E-state index is 0.0529. The number of sulfone groups is 1. The maximum absolute atomic E-state index is 13.8. The van der Waals surface area contributed by atoms with Crippen molar-refractivity contribution >= 4 is 21.7 Å². The molecule has 0 bridgehead atoms. The van der Waals surface area contributed by atoms with Crippen molar-refractivity contribution in [3.8, 4) is 0 Å². The van der Waals surface area contributed by atoms with Crippen molar-refractivity contribution in [2.45, 2.75) is 42.9 Å². The molecule has 3 heterocycles. The second-order valence-electron chi connectivity index (χ2n) is 10.2. The van der Waals surface area contributed by atoms with Gasteiger partial charge in [0.15, 0.2) is 9.84 Å². The number of rotatable bonds is 7. The molecule has 3 aliphatic rings. The van der Waals surface area contributed by atoms with Gasteiger partial charge in [0, 0.05) is 39.3 Å². The lowest BCUT2D eigenvalue weighted by atomic mass is 10.1. The summed E-state index contributed by atoms with van der Waals surface area (Å²) < 4.78 is 40.4. The number of amides is 2. The van der Waals surface area contributed by atoms with Crippen molar-refractivity contribution in [1.29, 1.82) is 0 Å². The fourth-order valence-electron chi connectivity index (χ4n) is 5.03. The molecule has 0 atom stereocenters. The average Bonchev–Trinajstić information content (AvgIpc) is 3.61. The summed E-state index contributed by atoms with van der Waals surface area (Å²) in [5.41, 5.74) is 0.507. The highest BCUT2D eigenvalue weighted by molar-refractivity contribution is 7.93. The van der Waals surface area contributed by atoms with E-state index >= 15 is 0 Å². The maximum atomic E-state index is 13.8. The first-order chi connectivity index (χ1) is 17.0. The van der Waals surface area contributed by atoms with Gasteiger partial charge in [-0.05, 0) is 56.1 Å². The zero-order valence-corrected chi connectivity index (χ0v) is 21.1. The van der Waals surface area contributed by atoms with E-state index in [1.165, 1.54) is 27.7 Å². The molecule has 1 saturated heterocycles. The van der Waals surface area contributed by atoms with Crippen molar-refractivity contribution in [2.24, 2.45) is 0 Å². The molecule has 1 aromatic carbocycles. The summed E-state index contributed by atoms with van der Waals surface area (Å²) in [4.78, 5) is 42.3. The summed E-state index contributed by atoms with van der Waals surface area (Å²) in [7, 11) is -1.48. The highest BCUT2D eigenvalue weighted by Crippen LogP contribution is 2.47. The number of carbonyl (C=O) groups is 2. The Labute approximate surface area is 208 Å². The molecule has 0 spiro atoms. The average molecular weight is 517 g/mol. The molecule has 36 heavy (non-hydrogen) atoms. The van der Waals surface area contributed by atoms with Gasteiger partial charge in [0.2, 0.25) is 0 Å². The van der Waals surface area contributed by atoms with Crippen LogP contribution in [0.15, 0.2) is 35.1 Å². The lowest BCUT2D eigenvalue weighted by Crippen LogP contribution is -2.58. The smallest absolute Gasteiger partial charge is 0.270 e. The Hall–Kier alpha value is -3.05. The predicted molar refractivity (Wildman–Crippen MR) is 131 cm³/mol. The second kappa shape index (κ2) is 8.81. The number of halogens is 1. The van der Waals surface area contributed by atoms with Crippen LogP contribution in [-0.4, -0.2) is 77.8 Å². The number of pyridine rings is 1. The Balaban J connectivity index is 1.29. The minimum Gasteiger partial charge on any atom is -0.348 e. The van der Waals surface area contributed by atoms with E-state index in [0.717, 1.165) is 0 Å². The highest BCUT2D eigenvalue weighted by atomic mass is 32.2. The fourth-order valence-corrected chi connectivity index (χ4v) is 7.65. The van der Waals surface area contributed by atoms with Crippen LogP contribution in [0, 0.1) is 12.7 Å². The number of aryl methyl sites for hydroxylation is 1. The molecular formula is C25H29FN4O5S. The summed E-state index contributed by atoms with van der Waals surface area (Å²) in [6, 6.07) is 7.39. The van der Waals surface area contributed by atoms with E-state index in [1.54, 1.807) is 19.1 Å². The van der Waals surface area contributed by atoms with Crippen LogP contribution < -0.4 is 10.9 Å². The minimum atomic E-state index is -3.36. The molecule has 0 unspecified atom stereocenters. The SMILES string of the molecule is Cc1ccc(CNC(=O)c2ccc3n(c2=O)CCN(CC2(S(=O)(=O)C4CN(C)C4)CC2)C3=O)cc1F. The van der Waals surface area contributed by atoms with E-state index in [2.05, 4.69) is 5.32 Å². The Kier molecular flexibility index (Phi) is 6.03. The van der Waals surface area contributed by atoms with Crippen molar-refractivity contribution in [3.63, 3.8) is 0 Å². The largest absolute Gasteiger partial charge is 0.348 e. The Bertz CT molecular complexity index is 1410. The molecule has 2 fully saturated rings. The number of carbonyl (C=O) groups excluding carboxylic acids is 2. The molecule has 1 saturated carbocycles. The molecule has 9 nitrogen and oxygen atoms in total. The van der Waals surface area contributed by atoms with Gasteiger partial charge >= 0.3 is 0 Å². The van der Waals surface area contributed by atoms with E-state index in [1.807, 2.05) is 11.9 Å². The molecule has 1 aromatic heterocycles. The molecule has 5 rings (SSSR count). The molecule has 2 amide bonds. The summed E-state index contributed by atoms with van der Waals surface area (Å²) in [6.07, 6.45) is 1.08. The molecule has 0 radical (unpaired) electrons. The van der Waals surface area contributed by atoms with Gasteiger partial charge in [-0.1, -0.05) is 12.1 Å². The highest BCUT2D eigenvalue weighted by Gasteiger charge is 2.59. The zero-order chi connectivity index (χ0) is 25.8. The standard InChI is InChI=1S/C25H29FN4O5S/c1-16-3-4-17(11-20(16)26)12-27-22(31)19-5-6-21-24(33)29(9-10-30(21)23(19)32)15-25(7-8-25)36(34,35)18-13-28(2)14-18/h3-6,11,18H,7-10,12-15H2,1-2H3,(H,27,31). The van der Waals surface area contributed by atoms with E-state index in [0.29, 0.717) is 37.1 Å². The number of aromatic nitrogens is 1. The lowest BCUT2D eigenvalue weighted by molar-refractivity contribution is 0.0694. The summed E-state index contributed by atoms with van der Waals surface area (Å²) in [6.45, 7) is 3.22. The van der Waals surface area contributed by atoms with E-state index in [-0.39, 0.29) is 43.3 Å². The van der Waals surface area contributed by atoms with Gasteiger partial charge in [-0.25, -0.2) is 12.8 Å². The van der Waals surface area contributed by atoms with Crippen molar-refractivity contribution in [1.82, 2.24) is 19.7 Å². The number of nitrogens with zero attached hydrogens (tertiary/aromatic N) is 3. The van der Waals surface area contributed by atoms with Crippen molar-refractivity contribution in [2.75, 3.05) is 33.2 Å². The predicted octanol–water partition coefficient (Wildman–Crippen LogP) is 0.943. The van der Waals surface area contributed by atoms with Crippen LogP contribution >= 0.6 is 0 Å². The first-order valence-electron chi connectivity index (χ1n) is 12.0. The first kappa shape index (κ1) is 24.6. The topological polar surface area (TPSA) is 109 Å².